The second-order valence-electron chi connectivity index (χ2n) is 5.94. The average molecular weight is 334 g/mol. The van der Waals surface area contributed by atoms with Gasteiger partial charge in [0.25, 0.3) is 0 Å². The van der Waals surface area contributed by atoms with Crippen molar-refractivity contribution < 1.29 is 14.3 Å². The number of nitrogens with one attached hydrogen (secondary N) is 1. The van der Waals surface area contributed by atoms with Gasteiger partial charge >= 0.3 is 5.97 Å². The molecule has 0 saturated carbocycles. The molecule has 0 spiro atoms. The van der Waals surface area contributed by atoms with Crippen LogP contribution in [0, 0.1) is 0 Å². The van der Waals surface area contributed by atoms with Crippen LogP contribution in [-0.2, 0) is 20.7 Å². The smallest absolute Gasteiger partial charge is 0.330 e. The molecule has 0 atom stereocenters. The summed E-state index contributed by atoms with van der Waals surface area (Å²) >= 11 is 6.43. The zero-order valence-corrected chi connectivity index (χ0v) is 14.2. The maximum absolute atomic E-state index is 12.0. The summed E-state index contributed by atoms with van der Waals surface area (Å²) in [6.45, 7) is 3.18. The molecule has 1 aliphatic rings. The van der Waals surface area contributed by atoms with Gasteiger partial charge in [-0.3, -0.25) is 4.79 Å². The van der Waals surface area contributed by atoms with Crippen molar-refractivity contribution in [1.82, 2.24) is 5.32 Å². The number of benzene rings is 1. The Morgan fingerprint density at radius 3 is 2.65 bits per heavy atom. The number of carbonyl (C=O) groups is 2. The lowest BCUT2D eigenvalue weighted by Crippen LogP contribution is -2.49. The van der Waals surface area contributed by atoms with Crippen LogP contribution < -0.4 is 5.32 Å². The zero-order valence-electron chi connectivity index (χ0n) is 13.5. The van der Waals surface area contributed by atoms with Crippen LogP contribution in [0.5, 0.6) is 0 Å². The van der Waals surface area contributed by atoms with Gasteiger partial charge in [-0.25, -0.2) is 4.79 Å². The van der Waals surface area contributed by atoms with Crippen molar-refractivity contribution in [3.05, 3.63) is 53.1 Å². The molecule has 1 aliphatic carbocycles. The van der Waals surface area contributed by atoms with E-state index >= 15 is 0 Å². The van der Waals surface area contributed by atoms with Crippen molar-refractivity contribution >= 4 is 28.5 Å². The van der Waals surface area contributed by atoms with Crippen LogP contribution in [0.25, 0.3) is 5.03 Å². The van der Waals surface area contributed by atoms with Gasteiger partial charge in [-0.1, -0.05) is 41.9 Å². The molecule has 0 unspecified atom stereocenters. The van der Waals surface area contributed by atoms with E-state index in [4.69, 9.17) is 11.6 Å². The minimum Gasteiger partial charge on any atom is -0.467 e. The normalized spacial score (nSPS) is 14.6. The predicted octanol–water partition coefficient (Wildman–Crippen LogP) is 3.21. The van der Waals surface area contributed by atoms with Crippen LogP contribution in [0.3, 0.4) is 0 Å². The van der Waals surface area contributed by atoms with Gasteiger partial charge in [0.1, 0.15) is 5.54 Å². The van der Waals surface area contributed by atoms with Gasteiger partial charge in [-0.05, 0) is 43.4 Å². The summed E-state index contributed by atoms with van der Waals surface area (Å²) in [6.07, 6.45) is 4.78. The number of carbonyl (C=O) groups excluding carboxylic acids is 2. The van der Waals surface area contributed by atoms with E-state index in [0.717, 1.165) is 24.0 Å². The highest BCUT2D eigenvalue weighted by molar-refractivity contribution is 6.49. The molecule has 23 heavy (non-hydrogen) atoms. The average Bonchev–Trinajstić information content (AvgIpc) is 2.53. The van der Waals surface area contributed by atoms with Crippen molar-refractivity contribution in [3.63, 3.8) is 0 Å². The van der Waals surface area contributed by atoms with Crippen LogP contribution in [0.4, 0.5) is 0 Å². The lowest BCUT2D eigenvalue weighted by atomic mass is 9.92. The van der Waals surface area contributed by atoms with Crippen LogP contribution in [0.1, 0.15) is 31.4 Å². The van der Waals surface area contributed by atoms with E-state index in [1.165, 1.54) is 18.7 Å². The first-order valence-electron chi connectivity index (χ1n) is 7.40. The number of ether oxygens (including phenoxy) is 1. The van der Waals surface area contributed by atoms with E-state index < -0.39 is 11.5 Å². The van der Waals surface area contributed by atoms with Crippen molar-refractivity contribution in [2.24, 2.45) is 0 Å². The fraction of sp³-hybridized carbons (Fsp3) is 0.333. The Hall–Kier alpha value is -2.07. The lowest BCUT2D eigenvalue weighted by molar-refractivity contribution is -0.148. The van der Waals surface area contributed by atoms with Crippen LogP contribution >= 0.6 is 11.6 Å². The van der Waals surface area contributed by atoms with Gasteiger partial charge in [0, 0.05) is 6.08 Å². The van der Waals surface area contributed by atoms with Crippen molar-refractivity contribution in [3.8, 4) is 0 Å². The molecule has 0 bridgehead atoms. The lowest BCUT2D eigenvalue weighted by Gasteiger charge is -2.22. The molecule has 4 nitrogen and oxygen atoms in total. The quantitative estimate of drug-likeness (QED) is 0.680. The minimum absolute atomic E-state index is 0.365. The number of aryl methyl sites for hydroxylation is 1. The molecule has 0 aliphatic heterocycles. The summed E-state index contributed by atoms with van der Waals surface area (Å²) in [7, 11) is 1.29. The first-order chi connectivity index (χ1) is 10.8. The van der Waals surface area contributed by atoms with Gasteiger partial charge in [-0.2, -0.15) is 0 Å². The molecular weight excluding hydrogens is 314 g/mol. The monoisotopic (exact) mass is 333 g/mol. The number of rotatable bonds is 4. The zero-order chi connectivity index (χ0) is 17.0. The van der Waals surface area contributed by atoms with Gasteiger partial charge in [0.05, 0.1) is 12.1 Å². The Morgan fingerprint density at radius 1 is 1.26 bits per heavy atom. The Balaban J connectivity index is 2.12. The number of hydrogen-bond acceptors (Lipinski definition) is 3. The molecule has 0 heterocycles. The third-order valence-corrected chi connectivity index (χ3v) is 4.21. The Labute approximate surface area is 141 Å². The largest absolute Gasteiger partial charge is 0.467 e. The van der Waals surface area contributed by atoms with Crippen molar-refractivity contribution in [1.29, 1.82) is 0 Å². The Bertz CT molecular complexity index is 689. The predicted molar refractivity (Wildman–Crippen MR) is 90.9 cm³/mol. The fourth-order valence-electron chi connectivity index (χ4n) is 2.49. The third-order valence-electron chi connectivity index (χ3n) is 3.77. The summed E-state index contributed by atoms with van der Waals surface area (Å²) in [5, 5.41) is 3.28. The first kappa shape index (κ1) is 17.3. The van der Waals surface area contributed by atoms with E-state index in [0.29, 0.717) is 5.03 Å². The number of amides is 1. The number of methoxy groups -OCH3 is 1. The maximum atomic E-state index is 12.0. The van der Waals surface area contributed by atoms with E-state index in [2.05, 4.69) is 16.1 Å². The molecule has 0 aromatic heterocycles. The van der Waals surface area contributed by atoms with E-state index in [1.54, 1.807) is 19.9 Å². The molecule has 0 fully saturated rings. The summed E-state index contributed by atoms with van der Waals surface area (Å²) in [5.74, 6) is -0.862. The highest BCUT2D eigenvalue weighted by Gasteiger charge is 2.29. The number of halogens is 1. The number of hydrogen-bond donors (Lipinski definition) is 1. The number of esters is 1. The van der Waals surface area contributed by atoms with Crippen LogP contribution in [-0.4, -0.2) is 24.5 Å². The molecule has 1 N–H and O–H groups in total. The van der Waals surface area contributed by atoms with E-state index in [1.807, 2.05) is 18.2 Å². The second kappa shape index (κ2) is 7.01. The molecule has 1 amide bonds. The van der Waals surface area contributed by atoms with Gasteiger partial charge in [0.2, 0.25) is 5.91 Å². The highest BCUT2D eigenvalue weighted by Crippen LogP contribution is 2.34. The standard InChI is InChI=1S/C18H20ClNO3/c1-18(2,17(22)23-3)20-15(21)11-10-13-9-8-12-6-4-5-7-14(12)16(13)19/h4-7,10-11H,8-9H2,1-3H3,(H,20,21)/b11-10+. The molecule has 0 saturated heterocycles. The SMILES string of the molecule is COC(=O)C(C)(C)NC(=O)/C=C/C1=C(Cl)c2ccccc2CC1. The fourth-order valence-corrected chi connectivity index (χ4v) is 2.83. The molecule has 2 rings (SSSR count). The van der Waals surface area contributed by atoms with Gasteiger partial charge < -0.3 is 10.1 Å². The van der Waals surface area contributed by atoms with Gasteiger partial charge in [0.15, 0.2) is 0 Å². The number of fused-ring (bicyclic) bond motifs is 1. The summed E-state index contributed by atoms with van der Waals surface area (Å²) in [6, 6.07) is 7.97. The topological polar surface area (TPSA) is 55.4 Å². The van der Waals surface area contributed by atoms with E-state index in [9.17, 15) is 9.59 Å². The van der Waals surface area contributed by atoms with Crippen molar-refractivity contribution in [2.75, 3.05) is 7.11 Å². The van der Waals surface area contributed by atoms with E-state index in [-0.39, 0.29) is 5.91 Å². The molecule has 0 radical (unpaired) electrons. The van der Waals surface area contributed by atoms with Gasteiger partial charge in [-0.15, -0.1) is 0 Å². The molecule has 5 heteroatoms. The Kier molecular flexibility index (Phi) is 5.26. The maximum Gasteiger partial charge on any atom is 0.330 e. The first-order valence-corrected chi connectivity index (χ1v) is 7.78. The molecule has 1 aromatic carbocycles. The highest BCUT2D eigenvalue weighted by atomic mass is 35.5. The summed E-state index contributed by atoms with van der Waals surface area (Å²) in [5.41, 5.74) is 2.06. The van der Waals surface area contributed by atoms with Crippen molar-refractivity contribution in [2.45, 2.75) is 32.2 Å². The van der Waals surface area contributed by atoms with Crippen LogP contribution in [0.2, 0.25) is 0 Å². The third kappa shape index (κ3) is 4.02. The second-order valence-corrected chi connectivity index (χ2v) is 6.31. The molecule has 1 aromatic rings. The number of allylic oxidation sites excluding steroid dienone is 2. The minimum atomic E-state index is -1.08. The van der Waals surface area contributed by atoms with Crippen LogP contribution in [0.15, 0.2) is 42.0 Å². The molecule has 122 valence electrons. The molecular formula is C18H20ClNO3. The summed E-state index contributed by atoms with van der Waals surface area (Å²) < 4.78 is 4.66. The Morgan fingerprint density at radius 2 is 1.96 bits per heavy atom. The summed E-state index contributed by atoms with van der Waals surface area (Å²) in [4.78, 5) is 23.6.